The highest BCUT2D eigenvalue weighted by Gasteiger charge is 2.10. The summed E-state index contributed by atoms with van der Waals surface area (Å²) < 4.78 is 17.8. The third-order valence-electron chi connectivity index (χ3n) is 5.50. The fraction of sp³-hybridized carbons (Fsp3) is 0.267. The molecule has 4 aromatic rings. The van der Waals surface area contributed by atoms with Crippen LogP contribution in [0.3, 0.4) is 0 Å². The van der Waals surface area contributed by atoms with Crippen molar-refractivity contribution in [1.29, 1.82) is 0 Å². The SMILES string of the molecule is CC(C)N=C(N)c1ccc(OCCOc2cccc(-c3cc4cc(C(N)=NC(C)C)ccc4o3)c2)cc1. The van der Waals surface area contributed by atoms with Crippen molar-refractivity contribution in [3.63, 3.8) is 0 Å². The maximum absolute atomic E-state index is 6.14. The minimum Gasteiger partial charge on any atom is -0.490 e. The Morgan fingerprint density at radius 1 is 0.730 bits per heavy atom. The predicted octanol–water partition coefficient (Wildman–Crippen LogP) is 5.79. The third kappa shape index (κ3) is 6.91. The molecule has 0 atom stereocenters. The number of ether oxygens (including phenoxy) is 2. The number of hydrogen-bond acceptors (Lipinski definition) is 5. The van der Waals surface area contributed by atoms with E-state index < -0.39 is 0 Å². The fourth-order valence-corrected chi connectivity index (χ4v) is 3.83. The number of amidine groups is 2. The van der Waals surface area contributed by atoms with E-state index in [-0.39, 0.29) is 12.1 Å². The molecule has 0 aliphatic rings. The molecule has 4 N–H and O–H groups in total. The number of fused-ring (bicyclic) bond motifs is 1. The van der Waals surface area contributed by atoms with Gasteiger partial charge in [-0.2, -0.15) is 0 Å². The van der Waals surface area contributed by atoms with Gasteiger partial charge in [0, 0.05) is 34.2 Å². The Morgan fingerprint density at radius 3 is 2.03 bits per heavy atom. The number of rotatable bonds is 10. The first-order valence-corrected chi connectivity index (χ1v) is 12.5. The van der Waals surface area contributed by atoms with E-state index in [1.165, 1.54) is 0 Å². The van der Waals surface area contributed by atoms with Crippen LogP contribution < -0.4 is 20.9 Å². The molecule has 7 heteroatoms. The van der Waals surface area contributed by atoms with Gasteiger partial charge < -0.3 is 25.4 Å². The summed E-state index contributed by atoms with van der Waals surface area (Å²) in [6.07, 6.45) is 0. The van der Waals surface area contributed by atoms with Crippen molar-refractivity contribution in [3.8, 4) is 22.8 Å². The first-order chi connectivity index (χ1) is 17.8. The van der Waals surface area contributed by atoms with Crippen LogP contribution in [0.5, 0.6) is 11.5 Å². The molecule has 0 saturated heterocycles. The van der Waals surface area contributed by atoms with E-state index in [0.717, 1.165) is 44.9 Å². The zero-order chi connectivity index (χ0) is 26.4. The first-order valence-electron chi connectivity index (χ1n) is 12.5. The molecule has 0 bridgehead atoms. The van der Waals surface area contributed by atoms with E-state index in [1.54, 1.807) is 0 Å². The van der Waals surface area contributed by atoms with E-state index in [0.29, 0.717) is 24.9 Å². The Morgan fingerprint density at radius 2 is 1.35 bits per heavy atom. The van der Waals surface area contributed by atoms with Crippen molar-refractivity contribution in [2.45, 2.75) is 39.8 Å². The minimum atomic E-state index is 0.137. The maximum Gasteiger partial charge on any atom is 0.135 e. The molecule has 0 aliphatic heterocycles. The van der Waals surface area contributed by atoms with Gasteiger partial charge in [-0.1, -0.05) is 12.1 Å². The number of hydrogen-bond donors (Lipinski definition) is 2. The van der Waals surface area contributed by atoms with Crippen molar-refractivity contribution >= 4 is 22.6 Å². The van der Waals surface area contributed by atoms with E-state index >= 15 is 0 Å². The summed E-state index contributed by atoms with van der Waals surface area (Å²) in [5.74, 6) is 3.30. The summed E-state index contributed by atoms with van der Waals surface area (Å²) in [4.78, 5) is 8.80. The van der Waals surface area contributed by atoms with Gasteiger partial charge in [0.1, 0.15) is 47.7 Å². The van der Waals surface area contributed by atoms with E-state index in [4.69, 9.17) is 25.4 Å². The van der Waals surface area contributed by atoms with Crippen LogP contribution in [0.4, 0.5) is 0 Å². The molecule has 37 heavy (non-hydrogen) atoms. The smallest absolute Gasteiger partial charge is 0.135 e. The zero-order valence-corrected chi connectivity index (χ0v) is 21.8. The van der Waals surface area contributed by atoms with Gasteiger partial charge in [-0.05, 0) is 88.4 Å². The van der Waals surface area contributed by atoms with Gasteiger partial charge in [-0.3, -0.25) is 9.98 Å². The Bertz CT molecular complexity index is 1400. The lowest BCUT2D eigenvalue weighted by Gasteiger charge is -2.10. The molecule has 0 saturated carbocycles. The van der Waals surface area contributed by atoms with Crippen molar-refractivity contribution in [3.05, 3.63) is 83.9 Å². The Balaban J connectivity index is 1.36. The second kappa shape index (κ2) is 11.6. The Labute approximate surface area is 217 Å². The van der Waals surface area contributed by atoms with Crippen LogP contribution in [0.25, 0.3) is 22.3 Å². The molecule has 4 rings (SSSR count). The van der Waals surface area contributed by atoms with Gasteiger partial charge in [0.05, 0.1) is 0 Å². The molecular weight excluding hydrogens is 464 g/mol. The summed E-state index contributed by atoms with van der Waals surface area (Å²) in [6.45, 7) is 8.80. The van der Waals surface area contributed by atoms with Gasteiger partial charge in [0.15, 0.2) is 0 Å². The van der Waals surface area contributed by atoms with Crippen LogP contribution in [0.15, 0.2) is 87.2 Å². The molecule has 1 heterocycles. The molecule has 0 aliphatic carbocycles. The monoisotopic (exact) mass is 498 g/mol. The minimum absolute atomic E-state index is 0.137. The van der Waals surface area contributed by atoms with Crippen LogP contribution in [-0.2, 0) is 0 Å². The Kier molecular flexibility index (Phi) is 8.13. The number of nitrogens with zero attached hydrogens (tertiary/aromatic N) is 2. The van der Waals surface area contributed by atoms with Gasteiger partial charge >= 0.3 is 0 Å². The van der Waals surface area contributed by atoms with Gasteiger partial charge in [0.25, 0.3) is 0 Å². The second-order valence-corrected chi connectivity index (χ2v) is 9.33. The van der Waals surface area contributed by atoms with Gasteiger partial charge in [-0.15, -0.1) is 0 Å². The number of benzene rings is 3. The van der Waals surface area contributed by atoms with Crippen LogP contribution >= 0.6 is 0 Å². The summed E-state index contributed by atoms with van der Waals surface area (Å²) in [6, 6.07) is 23.5. The first kappa shape index (κ1) is 25.8. The normalized spacial score (nSPS) is 12.5. The summed E-state index contributed by atoms with van der Waals surface area (Å²) >= 11 is 0. The summed E-state index contributed by atoms with van der Waals surface area (Å²) in [5, 5.41) is 0.970. The standard InChI is InChI=1S/C30H34N4O3/c1-19(2)33-29(31)21-8-11-25(12-9-21)35-14-15-36-26-7-5-6-22(17-26)28-18-24-16-23(10-13-27(24)37-28)30(32)34-20(3)4/h5-13,16-20H,14-15H2,1-4H3,(H2,31,33)(H2,32,34). The second-order valence-electron chi connectivity index (χ2n) is 9.33. The highest BCUT2D eigenvalue weighted by molar-refractivity contribution is 6.01. The highest BCUT2D eigenvalue weighted by Crippen LogP contribution is 2.30. The largest absolute Gasteiger partial charge is 0.490 e. The van der Waals surface area contributed by atoms with Crippen molar-refractivity contribution in [1.82, 2.24) is 0 Å². The average molecular weight is 499 g/mol. The van der Waals surface area contributed by atoms with Crippen LogP contribution in [0.1, 0.15) is 38.8 Å². The molecule has 0 radical (unpaired) electrons. The van der Waals surface area contributed by atoms with Crippen molar-refractivity contribution in [2.75, 3.05) is 13.2 Å². The van der Waals surface area contributed by atoms with Gasteiger partial charge in [-0.25, -0.2) is 0 Å². The van der Waals surface area contributed by atoms with Gasteiger partial charge in [0.2, 0.25) is 0 Å². The van der Waals surface area contributed by atoms with Crippen molar-refractivity contribution < 1.29 is 13.9 Å². The molecule has 3 aromatic carbocycles. The molecule has 192 valence electrons. The fourth-order valence-electron chi connectivity index (χ4n) is 3.83. The Hall–Kier alpha value is -4.26. The van der Waals surface area contributed by atoms with Crippen molar-refractivity contribution in [2.24, 2.45) is 21.5 Å². The average Bonchev–Trinajstić information content (AvgIpc) is 3.30. The summed E-state index contributed by atoms with van der Waals surface area (Å²) in [7, 11) is 0. The maximum atomic E-state index is 6.14. The van der Waals surface area contributed by atoms with E-state index in [1.807, 2.05) is 100 Å². The zero-order valence-electron chi connectivity index (χ0n) is 21.8. The topological polar surface area (TPSA) is 108 Å². The number of nitrogens with two attached hydrogens (primary N) is 2. The molecule has 7 nitrogen and oxygen atoms in total. The van der Waals surface area contributed by atoms with E-state index in [2.05, 4.69) is 9.98 Å². The lowest BCUT2D eigenvalue weighted by molar-refractivity contribution is 0.217. The van der Waals surface area contributed by atoms with Crippen LogP contribution in [0, 0.1) is 0 Å². The molecule has 0 unspecified atom stereocenters. The summed E-state index contributed by atoms with van der Waals surface area (Å²) in [5.41, 5.74) is 15.6. The van der Waals surface area contributed by atoms with E-state index in [9.17, 15) is 0 Å². The lowest BCUT2D eigenvalue weighted by Crippen LogP contribution is -2.15. The molecule has 0 spiro atoms. The van der Waals surface area contributed by atoms with Crippen LogP contribution in [-0.4, -0.2) is 37.0 Å². The molecule has 0 fully saturated rings. The quantitative estimate of drug-likeness (QED) is 0.164. The highest BCUT2D eigenvalue weighted by atomic mass is 16.5. The third-order valence-corrected chi connectivity index (χ3v) is 5.50. The lowest BCUT2D eigenvalue weighted by atomic mass is 10.1. The molecule has 0 amide bonds. The van der Waals surface area contributed by atoms with Crippen LogP contribution in [0.2, 0.25) is 0 Å². The number of aliphatic imine (C=N–C) groups is 2. The predicted molar refractivity (Wildman–Crippen MR) is 151 cm³/mol. The molecule has 1 aromatic heterocycles. The molecular formula is C30H34N4O3. The number of furan rings is 1.